The van der Waals surface area contributed by atoms with Crippen LogP contribution in [-0.2, 0) is 18.2 Å². The highest BCUT2D eigenvalue weighted by Gasteiger charge is 2.38. The molecule has 1 N–H and O–H groups in total. The maximum Gasteiger partial charge on any atom is 0.0911 e. The summed E-state index contributed by atoms with van der Waals surface area (Å²) in [7, 11) is 3.61. The van der Waals surface area contributed by atoms with Gasteiger partial charge in [-0.05, 0) is 31.2 Å². The molecule has 1 aromatic rings. The van der Waals surface area contributed by atoms with Gasteiger partial charge in [-0.3, -0.25) is 4.68 Å². The highest BCUT2D eigenvalue weighted by molar-refractivity contribution is 5.06. The molecule has 1 heterocycles. The minimum atomic E-state index is -0.650. The summed E-state index contributed by atoms with van der Waals surface area (Å²) in [4.78, 5) is 0. The molecule has 0 saturated heterocycles. The maximum atomic E-state index is 10.6. The van der Waals surface area contributed by atoms with Crippen LogP contribution in [0.1, 0.15) is 37.7 Å². The number of methoxy groups -OCH3 is 1. The summed E-state index contributed by atoms with van der Waals surface area (Å²) in [6.45, 7) is 0. The zero-order valence-corrected chi connectivity index (χ0v) is 10.7. The van der Waals surface area contributed by atoms with E-state index in [0.717, 1.165) is 38.5 Å². The zero-order chi connectivity index (χ0) is 12.3. The predicted molar refractivity (Wildman–Crippen MR) is 65.7 cm³/mol. The molecule has 17 heavy (non-hydrogen) atoms. The van der Waals surface area contributed by atoms with Gasteiger partial charge in [0, 0.05) is 20.4 Å². The third kappa shape index (κ3) is 2.87. The Morgan fingerprint density at radius 2 is 2.41 bits per heavy atom. The van der Waals surface area contributed by atoms with Gasteiger partial charge in [0.1, 0.15) is 0 Å². The molecule has 2 unspecified atom stereocenters. The third-order valence-corrected chi connectivity index (χ3v) is 3.81. The number of aromatic nitrogens is 2. The van der Waals surface area contributed by atoms with E-state index in [9.17, 15) is 5.11 Å². The molecule has 0 radical (unpaired) electrons. The van der Waals surface area contributed by atoms with Crippen LogP contribution in [0.15, 0.2) is 12.4 Å². The van der Waals surface area contributed by atoms with Crippen molar-refractivity contribution in [3.05, 3.63) is 18.0 Å². The Kier molecular flexibility index (Phi) is 3.84. The zero-order valence-electron chi connectivity index (χ0n) is 10.7. The van der Waals surface area contributed by atoms with Crippen LogP contribution in [0.25, 0.3) is 0 Å². The number of nitrogens with zero attached hydrogens (tertiary/aromatic N) is 2. The molecule has 1 aliphatic carbocycles. The molecule has 1 aromatic heterocycles. The number of ether oxygens (including phenoxy) is 1. The van der Waals surface area contributed by atoms with Gasteiger partial charge in [0.25, 0.3) is 0 Å². The summed E-state index contributed by atoms with van der Waals surface area (Å²) >= 11 is 0. The Bertz CT molecular complexity index is 364. The van der Waals surface area contributed by atoms with Crippen molar-refractivity contribution in [1.29, 1.82) is 0 Å². The van der Waals surface area contributed by atoms with E-state index in [4.69, 9.17) is 4.74 Å². The number of hydrogen-bond donors (Lipinski definition) is 1. The van der Waals surface area contributed by atoms with Gasteiger partial charge in [-0.2, -0.15) is 5.10 Å². The highest BCUT2D eigenvalue weighted by Crippen LogP contribution is 2.34. The summed E-state index contributed by atoms with van der Waals surface area (Å²) in [6, 6.07) is 0. The molecule has 0 aromatic carbocycles. The van der Waals surface area contributed by atoms with E-state index >= 15 is 0 Å². The van der Waals surface area contributed by atoms with Gasteiger partial charge in [0.2, 0.25) is 0 Å². The van der Waals surface area contributed by atoms with Crippen molar-refractivity contribution in [3.63, 3.8) is 0 Å². The second-order valence-electron chi connectivity index (χ2n) is 5.10. The molecule has 1 aliphatic rings. The fourth-order valence-electron chi connectivity index (χ4n) is 2.78. The first kappa shape index (κ1) is 12.6. The normalized spacial score (nSPS) is 29.5. The van der Waals surface area contributed by atoms with Crippen molar-refractivity contribution in [2.45, 2.75) is 50.2 Å². The maximum absolute atomic E-state index is 10.6. The molecule has 0 aliphatic heterocycles. The smallest absolute Gasteiger partial charge is 0.0911 e. The van der Waals surface area contributed by atoms with Crippen molar-refractivity contribution in [3.8, 4) is 0 Å². The van der Waals surface area contributed by atoms with Gasteiger partial charge in [-0.1, -0.05) is 12.8 Å². The van der Waals surface area contributed by atoms with E-state index in [0.29, 0.717) is 0 Å². The second-order valence-corrected chi connectivity index (χ2v) is 5.10. The second kappa shape index (κ2) is 5.19. The van der Waals surface area contributed by atoms with E-state index in [2.05, 4.69) is 5.10 Å². The molecular formula is C13H22N2O2. The van der Waals surface area contributed by atoms with Crippen LogP contribution < -0.4 is 0 Å². The quantitative estimate of drug-likeness (QED) is 0.868. The number of aliphatic hydroxyl groups is 1. The minimum Gasteiger partial charge on any atom is -0.387 e. The van der Waals surface area contributed by atoms with Crippen LogP contribution in [0, 0.1) is 0 Å². The Balaban J connectivity index is 1.95. The standard InChI is InChI=1S/C13H22N2O2/c1-15-10-11(9-14-15)6-8-13(16)7-4-3-5-12(13)17-2/h9-10,12,16H,3-8H2,1-2H3. The molecule has 0 spiro atoms. The molecule has 1 fully saturated rings. The van der Waals surface area contributed by atoms with Crippen LogP contribution >= 0.6 is 0 Å². The number of hydrogen-bond acceptors (Lipinski definition) is 3. The summed E-state index contributed by atoms with van der Waals surface area (Å²) in [5, 5.41) is 14.8. The van der Waals surface area contributed by atoms with E-state index in [1.54, 1.807) is 11.8 Å². The highest BCUT2D eigenvalue weighted by atomic mass is 16.5. The van der Waals surface area contributed by atoms with E-state index in [1.807, 2.05) is 19.4 Å². The van der Waals surface area contributed by atoms with Gasteiger partial charge in [0.15, 0.2) is 0 Å². The topological polar surface area (TPSA) is 47.3 Å². The first-order valence-corrected chi connectivity index (χ1v) is 6.37. The van der Waals surface area contributed by atoms with Crippen LogP contribution in [0.5, 0.6) is 0 Å². The average molecular weight is 238 g/mol. The number of rotatable bonds is 4. The van der Waals surface area contributed by atoms with Gasteiger partial charge in [0.05, 0.1) is 17.9 Å². The SMILES string of the molecule is COC1CCCCC1(O)CCc1cnn(C)c1. The molecule has 2 atom stereocenters. The lowest BCUT2D eigenvalue weighted by Gasteiger charge is -2.39. The first-order valence-electron chi connectivity index (χ1n) is 6.37. The van der Waals surface area contributed by atoms with Crippen molar-refractivity contribution in [2.75, 3.05) is 7.11 Å². The van der Waals surface area contributed by atoms with Crippen molar-refractivity contribution in [2.24, 2.45) is 7.05 Å². The van der Waals surface area contributed by atoms with Crippen LogP contribution in [0.4, 0.5) is 0 Å². The van der Waals surface area contributed by atoms with Crippen molar-refractivity contribution >= 4 is 0 Å². The van der Waals surface area contributed by atoms with Crippen LogP contribution in [0.2, 0.25) is 0 Å². The largest absolute Gasteiger partial charge is 0.387 e. The van der Waals surface area contributed by atoms with Gasteiger partial charge < -0.3 is 9.84 Å². The Labute approximate surface area is 103 Å². The Morgan fingerprint density at radius 3 is 3.06 bits per heavy atom. The van der Waals surface area contributed by atoms with Crippen molar-refractivity contribution < 1.29 is 9.84 Å². The fourth-order valence-corrected chi connectivity index (χ4v) is 2.78. The van der Waals surface area contributed by atoms with E-state index in [1.165, 1.54) is 5.56 Å². The Hall–Kier alpha value is -0.870. The summed E-state index contributed by atoms with van der Waals surface area (Å²) in [6.07, 6.45) is 9.58. The molecule has 0 bridgehead atoms. The molecule has 4 nitrogen and oxygen atoms in total. The molecular weight excluding hydrogens is 216 g/mol. The monoisotopic (exact) mass is 238 g/mol. The van der Waals surface area contributed by atoms with Gasteiger partial charge >= 0.3 is 0 Å². The summed E-state index contributed by atoms with van der Waals surface area (Å²) in [5.74, 6) is 0. The third-order valence-electron chi connectivity index (χ3n) is 3.81. The predicted octanol–water partition coefficient (Wildman–Crippen LogP) is 1.67. The van der Waals surface area contributed by atoms with Crippen molar-refractivity contribution in [1.82, 2.24) is 9.78 Å². The first-order chi connectivity index (χ1) is 8.14. The lowest BCUT2D eigenvalue weighted by Crippen LogP contribution is -2.46. The molecule has 2 rings (SSSR count). The van der Waals surface area contributed by atoms with E-state index in [-0.39, 0.29) is 6.10 Å². The molecule has 4 heteroatoms. The molecule has 96 valence electrons. The summed E-state index contributed by atoms with van der Waals surface area (Å²) in [5.41, 5.74) is 0.532. The van der Waals surface area contributed by atoms with E-state index < -0.39 is 5.60 Å². The summed E-state index contributed by atoms with van der Waals surface area (Å²) < 4.78 is 7.23. The lowest BCUT2D eigenvalue weighted by molar-refractivity contribution is -0.120. The molecule has 1 saturated carbocycles. The average Bonchev–Trinajstić information content (AvgIpc) is 2.73. The lowest BCUT2D eigenvalue weighted by atomic mass is 9.78. The van der Waals surface area contributed by atoms with Crippen LogP contribution in [0.3, 0.4) is 0 Å². The van der Waals surface area contributed by atoms with Gasteiger partial charge in [-0.25, -0.2) is 0 Å². The minimum absolute atomic E-state index is 0.00655. The van der Waals surface area contributed by atoms with Crippen LogP contribution in [-0.4, -0.2) is 33.7 Å². The van der Waals surface area contributed by atoms with Gasteiger partial charge in [-0.15, -0.1) is 0 Å². The molecule has 0 amide bonds. The Morgan fingerprint density at radius 1 is 1.59 bits per heavy atom. The fraction of sp³-hybridized carbons (Fsp3) is 0.769. The number of aryl methyl sites for hydroxylation is 2.